The second kappa shape index (κ2) is 6.78. The van der Waals surface area contributed by atoms with Crippen molar-refractivity contribution in [3.8, 4) is 0 Å². The van der Waals surface area contributed by atoms with Crippen molar-refractivity contribution in [2.45, 2.75) is 29.5 Å². The highest BCUT2D eigenvalue weighted by Gasteiger charge is 2.33. The van der Waals surface area contributed by atoms with E-state index >= 15 is 0 Å². The highest BCUT2D eigenvalue weighted by atomic mass is 35.5. The lowest BCUT2D eigenvalue weighted by Crippen LogP contribution is -2.36. The molecule has 0 saturated heterocycles. The van der Waals surface area contributed by atoms with Crippen LogP contribution >= 0.6 is 46.4 Å². The molecule has 0 spiro atoms. The molecule has 0 bridgehead atoms. The van der Waals surface area contributed by atoms with E-state index in [1.165, 1.54) is 0 Å². The highest BCUT2D eigenvalue weighted by Crippen LogP contribution is 2.43. The quantitative estimate of drug-likeness (QED) is 0.457. The van der Waals surface area contributed by atoms with Crippen molar-refractivity contribution in [3.63, 3.8) is 0 Å². The van der Waals surface area contributed by atoms with E-state index in [2.05, 4.69) is 5.32 Å². The number of nitrogens with one attached hydrogen (secondary N) is 1. The van der Waals surface area contributed by atoms with Gasteiger partial charge in [0.15, 0.2) is 0 Å². The SMILES string of the molecule is FC(Cl)(Cl)N[C@H]1CC[C@@H](c2ccc(Cl)c(Cl)c2)c2ccccc21. The summed E-state index contributed by atoms with van der Waals surface area (Å²) in [5.41, 5.74) is 3.21. The minimum atomic E-state index is -2.45. The summed E-state index contributed by atoms with van der Waals surface area (Å²) in [7, 11) is 0. The Morgan fingerprint density at radius 2 is 1.65 bits per heavy atom. The molecule has 1 N–H and O–H groups in total. The molecule has 3 rings (SSSR count). The van der Waals surface area contributed by atoms with Gasteiger partial charge in [-0.2, -0.15) is 4.39 Å². The fraction of sp³-hybridized carbons (Fsp3) is 0.294. The second-order valence-corrected chi connectivity index (χ2v) is 7.68. The summed E-state index contributed by atoms with van der Waals surface area (Å²) in [6, 6.07) is 13.3. The van der Waals surface area contributed by atoms with Crippen LogP contribution in [0.4, 0.5) is 4.39 Å². The molecular formula is C17H14Cl4FN. The van der Waals surface area contributed by atoms with Crippen molar-refractivity contribution in [1.82, 2.24) is 5.32 Å². The van der Waals surface area contributed by atoms with Gasteiger partial charge >= 0.3 is 4.71 Å². The van der Waals surface area contributed by atoms with Gasteiger partial charge in [-0.3, -0.25) is 5.32 Å². The van der Waals surface area contributed by atoms with Crippen LogP contribution in [-0.2, 0) is 0 Å². The van der Waals surface area contributed by atoms with Crippen LogP contribution in [-0.4, -0.2) is 4.71 Å². The molecule has 1 aliphatic carbocycles. The number of hydrogen-bond donors (Lipinski definition) is 1. The van der Waals surface area contributed by atoms with E-state index < -0.39 is 4.71 Å². The Hall–Kier alpha value is -0.510. The van der Waals surface area contributed by atoms with Gasteiger partial charge in [-0.25, -0.2) is 0 Å². The standard InChI is InChI=1S/C17H14Cl4FN/c18-14-7-5-10(9-15(14)19)11-6-8-16(23-17(20,21)22)13-4-2-1-3-12(11)13/h1-5,7,9,11,16,23H,6,8H2/t11-,16-/m0/s1. The minimum Gasteiger partial charge on any atom is -0.252 e. The van der Waals surface area contributed by atoms with Crippen molar-refractivity contribution < 1.29 is 4.39 Å². The number of alkyl halides is 3. The zero-order chi connectivity index (χ0) is 16.6. The molecule has 0 fully saturated rings. The lowest BCUT2D eigenvalue weighted by atomic mass is 9.77. The van der Waals surface area contributed by atoms with Gasteiger partial charge in [0.25, 0.3) is 0 Å². The lowest BCUT2D eigenvalue weighted by molar-refractivity contribution is 0.275. The van der Waals surface area contributed by atoms with Gasteiger partial charge in [0, 0.05) is 12.0 Å². The van der Waals surface area contributed by atoms with Crippen LogP contribution in [0.1, 0.15) is 41.5 Å². The van der Waals surface area contributed by atoms with Gasteiger partial charge in [-0.05, 0) is 64.9 Å². The summed E-state index contributed by atoms with van der Waals surface area (Å²) in [5, 5.41) is 3.69. The highest BCUT2D eigenvalue weighted by molar-refractivity contribution is 6.46. The van der Waals surface area contributed by atoms with Crippen molar-refractivity contribution in [2.75, 3.05) is 0 Å². The van der Waals surface area contributed by atoms with Gasteiger partial charge in [-0.1, -0.05) is 53.5 Å². The predicted molar refractivity (Wildman–Crippen MR) is 95.4 cm³/mol. The fourth-order valence-electron chi connectivity index (χ4n) is 3.21. The van der Waals surface area contributed by atoms with Gasteiger partial charge < -0.3 is 0 Å². The van der Waals surface area contributed by atoms with Crippen LogP contribution in [0.3, 0.4) is 0 Å². The Morgan fingerprint density at radius 1 is 0.957 bits per heavy atom. The van der Waals surface area contributed by atoms with Gasteiger partial charge in [0.2, 0.25) is 0 Å². The molecule has 0 heterocycles. The van der Waals surface area contributed by atoms with E-state index in [1.54, 1.807) is 6.07 Å². The van der Waals surface area contributed by atoms with E-state index in [0.717, 1.165) is 23.1 Å². The van der Waals surface area contributed by atoms with E-state index in [0.29, 0.717) is 16.5 Å². The zero-order valence-corrected chi connectivity index (χ0v) is 15.0. The summed E-state index contributed by atoms with van der Waals surface area (Å²) >= 11 is 23.1. The number of halogens is 5. The van der Waals surface area contributed by atoms with Gasteiger partial charge in [-0.15, -0.1) is 0 Å². The molecule has 1 nitrogen and oxygen atoms in total. The summed E-state index contributed by atoms with van der Waals surface area (Å²) in [5.74, 6) is 0.179. The van der Waals surface area contributed by atoms with Crippen LogP contribution in [0.2, 0.25) is 10.0 Å². The summed E-state index contributed by atoms with van der Waals surface area (Å²) in [4.78, 5) is 0. The van der Waals surface area contributed by atoms with E-state index in [4.69, 9.17) is 46.4 Å². The molecule has 0 unspecified atom stereocenters. The summed E-state index contributed by atoms with van der Waals surface area (Å²) < 4.78 is 11.1. The third kappa shape index (κ3) is 3.94. The first-order valence-corrected chi connectivity index (χ1v) is 8.74. The third-order valence-electron chi connectivity index (χ3n) is 4.17. The zero-order valence-electron chi connectivity index (χ0n) is 12.0. The average molecular weight is 393 g/mol. The maximum atomic E-state index is 13.6. The molecule has 6 heteroatoms. The van der Waals surface area contributed by atoms with Crippen molar-refractivity contribution in [1.29, 1.82) is 0 Å². The molecule has 0 aliphatic heterocycles. The molecule has 0 saturated carbocycles. The maximum absolute atomic E-state index is 13.6. The third-order valence-corrected chi connectivity index (χ3v) is 5.13. The molecular weight excluding hydrogens is 379 g/mol. The van der Waals surface area contributed by atoms with Crippen LogP contribution in [0.25, 0.3) is 0 Å². The molecule has 2 atom stereocenters. The van der Waals surface area contributed by atoms with Crippen LogP contribution < -0.4 is 5.32 Å². The molecule has 0 radical (unpaired) electrons. The Bertz CT molecular complexity index is 714. The Kier molecular flexibility index (Phi) is 5.10. The van der Waals surface area contributed by atoms with Gasteiger partial charge in [0.05, 0.1) is 10.0 Å². The van der Waals surface area contributed by atoms with E-state index in [-0.39, 0.29) is 12.0 Å². The summed E-state index contributed by atoms with van der Waals surface area (Å²) in [6.07, 6.45) is 1.55. The van der Waals surface area contributed by atoms with Crippen LogP contribution in [0.5, 0.6) is 0 Å². The molecule has 0 amide bonds. The predicted octanol–water partition coefficient (Wildman–Crippen LogP) is 6.61. The van der Waals surface area contributed by atoms with Crippen molar-refractivity contribution in [2.24, 2.45) is 0 Å². The van der Waals surface area contributed by atoms with Crippen LogP contribution in [0.15, 0.2) is 42.5 Å². The second-order valence-electron chi connectivity index (χ2n) is 5.63. The Morgan fingerprint density at radius 3 is 2.30 bits per heavy atom. The smallest absolute Gasteiger partial charge is 0.252 e. The van der Waals surface area contributed by atoms with Gasteiger partial charge in [0.1, 0.15) is 0 Å². The van der Waals surface area contributed by atoms with E-state index in [9.17, 15) is 4.39 Å². The first-order chi connectivity index (χ1) is 10.8. The number of fused-ring (bicyclic) bond motifs is 1. The molecule has 2 aromatic rings. The first kappa shape index (κ1) is 17.3. The molecule has 2 aromatic carbocycles. The maximum Gasteiger partial charge on any atom is 0.314 e. The topological polar surface area (TPSA) is 12.0 Å². The summed E-state index contributed by atoms with van der Waals surface area (Å²) in [6.45, 7) is 0. The normalized spacial score (nSPS) is 21.1. The first-order valence-electron chi connectivity index (χ1n) is 7.23. The largest absolute Gasteiger partial charge is 0.314 e. The monoisotopic (exact) mass is 391 g/mol. The Balaban J connectivity index is 1.98. The number of rotatable bonds is 3. The molecule has 23 heavy (non-hydrogen) atoms. The minimum absolute atomic E-state index is 0.179. The lowest BCUT2D eigenvalue weighted by Gasteiger charge is -2.33. The number of benzene rings is 2. The Labute approximate surface area is 154 Å². The fourth-order valence-corrected chi connectivity index (χ4v) is 3.78. The van der Waals surface area contributed by atoms with Crippen LogP contribution in [0, 0.1) is 0 Å². The molecule has 1 aliphatic rings. The van der Waals surface area contributed by atoms with Crippen molar-refractivity contribution in [3.05, 3.63) is 69.2 Å². The average Bonchev–Trinajstić information content (AvgIpc) is 2.49. The molecule has 122 valence electrons. The number of hydrogen-bond acceptors (Lipinski definition) is 1. The molecule has 0 aromatic heterocycles. The van der Waals surface area contributed by atoms with E-state index in [1.807, 2.05) is 36.4 Å². The van der Waals surface area contributed by atoms with Crippen molar-refractivity contribution >= 4 is 46.4 Å².